The molecule has 2 aliphatic rings. The van der Waals surface area contributed by atoms with Crippen molar-refractivity contribution in [3.63, 3.8) is 0 Å². The summed E-state index contributed by atoms with van der Waals surface area (Å²) in [7, 11) is 0. The highest BCUT2D eigenvalue weighted by Gasteiger charge is 2.29. The standard InChI is InChI=1S/C21H24N4O/c1-16-8-9-19-15-25(21(26)18-6-2-3-7-18)12-11-24(20(19)23-16)14-17-5-4-10-22-13-17/h2-5,8-10,13,18H,6-7,11-12,14-15H2,1H3. The summed E-state index contributed by atoms with van der Waals surface area (Å²) in [5, 5.41) is 0. The van der Waals surface area contributed by atoms with Gasteiger partial charge in [0.05, 0.1) is 0 Å². The number of nitrogens with zero attached hydrogens (tertiary/aromatic N) is 4. The van der Waals surface area contributed by atoms with Gasteiger partial charge < -0.3 is 9.80 Å². The minimum absolute atomic E-state index is 0.113. The Hall–Kier alpha value is -2.69. The van der Waals surface area contributed by atoms with Gasteiger partial charge in [0.25, 0.3) is 0 Å². The number of carbonyl (C=O) groups excluding carboxylic acids is 1. The van der Waals surface area contributed by atoms with Crippen LogP contribution in [0, 0.1) is 12.8 Å². The molecule has 3 heterocycles. The van der Waals surface area contributed by atoms with E-state index in [1.165, 1.54) is 0 Å². The third-order valence-electron chi connectivity index (χ3n) is 5.16. The van der Waals surface area contributed by atoms with Gasteiger partial charge in [0.15, 0.2) is 0 Å². The molecule has 26 heavy (non-hydrogen) atoms. The van der Waals surface area contributed by atoms with Gasteiger partial charge in [0.2, 0.25) is 5.91 Å². The van der Waals surface area contributed by atoms with Crippen molar-refractivity contribution in [2.75, 3.05) is 18.0 Å². The van der Waals surface area contributed by atoms with Crippen molar-refractivity contribution >= 4 is 11.7 Å². The molecule has 1 aliphatic heterocycles. The van der Waals surface area contributed by atoms with Crippen LogP contribution in [0.25, 0.3) is 0 Å². The van der Waals surface area contributed by atoms with E-state index < -0.39 is 0 Å². The summed E-state index contributed by atoms with van der Waals surface area (Å²) in [5.74, 6) is 1.38. The predicted molar refractivity (Wildman–Crippen MR) is 102 cm³/mol. The third kappa shape index (κ3) is 3.47. The smallest absolute Gasteiger partial charge is 0.226 e. The fraction of sp³-hybridized carbons (Fsp3) is 0.381. The zero-order chi connectivity index (χ0) is 17.9. The Morgan fingerprint density at radius 3 is 2.81 bits per heavy atom. The first-order chi connectivity index (χ1) is 12.7. The lowest BCUT2D eigenvalue weighted by Crippen LogP contribution is -2.38. The normalized spacial score (nSPS) is 17.3. The highest BCUT2D eigenvalue weighted by molar-refractivity contribution is 5.80. The van der Waals surface area contributed by atoms with Crippen LogP contribution in [0.15, 0.2) is 48.8 Å². The largest absolute Gasteiger partial charge is 0.350 e. The van der Waals surface area contributed by atoms with Crippen LogP contribution in [0.5, 0.6) is 0 Å². The van der Waals surface area contributed by atoms with Crippen molar-refractivity contribution in [2.45, 2.75) is 32.9 Å². The van der Waals surface area contributed by atoms with E-state index in [9.17, 15) is 4.79 Å². The lowest BCUT2D eigenvalue weighted by molar-refractivity contribution is -0.135. The van der Waals surface area contributed by atoms with Crippen molar-refractivity contribution in [1.29, 1.82) is 0 Å². The van der Waals surface area contributed by atoms with E-state index in [4.69, 9.17) is 4.98 Å². The molecule has 5 nitrogen and oxygen atoms in total. The van der Waals surface area contributed by atoms with Gasteiger partial charge in [-0.1, -0.05) is 24.3 Å². The number of aromatic nitrogens is 2. The topological polar surface area (TPSA) is 49.3 Å². The minimum Gasteiger partial charge on any atom is -0.350 e. The van der Waals surface area contributed by atoms with E-state index in [0.717, 1.165) is 55.1 Å². The number of anilines is 1. The molecule has 2 aromatic heterocycles. The first-order valence-corrected chi connectivity index (χ1v) is 9.25. The number of rotatable bonds is 3. The molecule has 4 rings (SSSR count). The molecule has 1 aliphatic carbocycles. The number of hydrogen-bond acceptors (Lipinski definition) is 4. The Balaban J connectivity index is 1.60. The van der Waals surface area contributed by atoms with Gasteiger partial charge in [0.1, 0.15) is 5.82 Å². The van der Waals surface area contributed by atoms with E-state index in [0.29, 0.717) is 6.54 Å². The average molecular weight is 348 g/mol. The van der Waals surface area contributed by atoms with E-state index in [2.05, 4.69) is 34.2 Å². The molecule has 134 valence electrons. The fourth-order valence-electron chi connectivity index (χ4n) is 3.73. The highest BCUT2D eigenvalue weighted by atomic mass is 16.2. The van der Waals surface area contributed by atoms with Crippen molar-refractivity contribution in [1.82, 2.24) is 14.9 Å². The lowest BCUT2D eigenvalue weighted by atomic mass is 10.1. The van der Waals surface area contributed by atoms with Gasteiger partial charge in [-0.25, -0.2) is 4.98 Å². The molecule has 0 aromatic carbocycles. The van der Waals surface area contributed by atoms with E-state index >= 15 is 0 Å². The molecule has 0 saturated heterocycles. The molecule has 5 heteroatoms. The minimum atomic E-state index is 0.113. The van der Waals surface area contributed by atoms with Crippen LogP contribution in [0.2, 0.25) is 0 Å². The van der Waals surface area contributed by atoms with Crippen LogP contribution in [-0.2, 0) is 17.9 Å². The Kier molecular flexibility index (Phi) is 4.69. The summed E-state index contributed by atoms with van der Waals surface area (Å²) in [5.41, 5.74) is 3.28. The van der Waals surface area contributed by atoms with Crippen molar-refractivity contribution in [2.24, 2.45) is 5.92 Å². The quantitative estimate of drug-likeness (QED) is 0.800. The number of fused-ring (bicyclic) bond motifs is 1. The zero-order valence-corrected chi connectivity index (χ0v) is 15.1. The maximum atomic E-state index is 12.9. The summed E-state index contributed by atoms with van der Waals surface area (Å²) >= 11 is 0. The number of carbonyl (C=O) groups is 1. The number of allylic oxidation sites excluding steroid dienone is 2. The number of hydrogen-bond donors (Lipinski definition) is 0. The Morgan fingerprint density at radius 2 is 2.04 bits per heavy atom. The van der Waals surface area contributed by atoms with Crippen LogP contribution in [0.3, 0.4) is 0 Å². The summed E-state index contributed by atoms with van der Waals surface area (Å²) in [6.45, 7) is 4.92. The van der Waals surface area contributed by atoms with Crippen LogP contribution in [0.4, 0.5) is 5.82 Å². The molecule has 0 bridgehead atoms. The summed E-state index contributed by atoms with van der Waals surface area (Å²) in [4.78, 5) is 26.2. The van der Waals surface area contributed by atoms with Crippen LogP contribution >= 0.6 is 0 Å². The second kappa shape index (κ2) is 7.28. The highest BCUT2D eigenvalue weighted by Crippen LogP contribution is 2.28. The SMILES string of the molecule is Cc1ccc2c(n1)N(Cc1cccnc1)CCN(C(=O)C1CC=CC1)C2. The molecule has 1 amide bonds. The summed E-state index contributed by atoms with van der Waals surface area (Å²) < 4.78 is 0. The molecule has 0 saturated carbocycles. The van der Waals surface area contributed by atoms with Crippen molar-refractivity contribution in [3.8, 4) is 0 Å². The third-order valence-corrected chi connectivity index (χ3v) is 5.16. The van der Waals surface area contributed by atoms with Gasteiger partial charge in [0, 0.05) is 55.7 Å². The number of amides is 1. The monoisotopic (exact) mass is 348 g/mol. The molecule has 0 radical (unpaired) electrons. The van der Waals surface area contributed by atoms with Crippen LogP contribution < -0.4 is 4.90 Å². The van der Waals surface area contributed by atoms with Gasteiger partial charge in [-0.15, -0.1) is 0 Å². The van der Waals surface area contributed by atoms with Gasteiger partial charge >= 0.3 is 0 Å². The lowest BCUT2D eigenvalue weighted by Gasteiger charge is -2.25. The van der Waals surface area contributed by atoms with Crippen LogP contribution in [-0.4, -0.2) is 33.9 Å². The first-order valence-electron chi connectivity index (χ1n) is 9.25. The molecule has 0 unspecified atom stereocenters. The first kappa shape index (κ1) is 16.8. The number of pyridine rings is 2. The van der Waals surface area contributed by atoms with E-state index in [1.54, 1.807) is 6.20 Å². The van der Waals surface area contributed by atoms with Crippen molar-refractivity contribution < 1.29 is 4.79 Å². The molecule has 2 aromatic rings. The fourth-order valence-corrected chi connectivity index (χ4v) is 3.73. The van der Waals surface area contributed by atoms with Crippen LogP contribution in [0.1, 0.15) is 29.7 Å². The number of aryl methyl sites for hydroxylation is 1. The van der Waals surface area contributed by atoms with Crippen molar-refractivity contribution in [3.05, 3.63) is 65.6 Å². The molecular formula is C21H24N4O. The molecule has 0 N–H and O–H groups in total. The Labute approximate surface area is 154 Å². The zero-order valence-electron chi connectivity index (χ0n) is 15.1. The second-order valence-corrected chi connectivity index (χ2v) is 7.12. The Morgan fingerprint density at radius 1 is 1.19 bits per heavy atom. The van der Waals surface area contributed by atoms with Gasteiger partial charge in [-0.3, -0.25) is 9.78 Å². The van der Waals surface area contributed by atoms with E-state index in [-0.39, 0.29) is 11.8 Å². The summed E-state index contributed by atoms with van der Waals surface area (Å²) in [6, 6.07) is 8.19. The molecule has 0 fully saturated rings. The van der Waals surface area contributed by atoms with Gasteiger partial charge in [-0.05, 0) is 37.5 Å². The average Bonchev–Trinajstić information content (AvgIpc) is 3.14. The molecule has 0 spiro atoms. The van der Waals surface area contributed by atoms with E-state index in [1.807, 2.05) is 30.2 Å². The molecule has 0 atom stereocenters. The predicted octanol–water partition coefficient (Wildman–Crippen LogP) is 3.10. The maximum absolute atomic E-state index is 12.9. The summed E-state index contributed by atoms with van der Waals surface area (Å²) in [6.07, 6.45) is 9.66. The Bertz CT molecular complexity index is 810. The molecular weight excluding hydrogens is 324 g/mol. The van der Waals surface area contributed by atoms with Gasteiger partial charge in [-0.2, -0.15) is 0 Å². The maximum Gasteiger partial charge on any atom is 0.226 e. The second-order valence-electron chi connectivity index (χ2n) is 7.12.